The predicted molar refractivity (Wildman–Crippen MR) is 135 cm³/mol. The Labute approximate surface area is 200 Å². The lowest BCUT2D eigenvalue weighted by atomic mass is 10.0. The van der Waals surface area contributed by atoms with Gasteiger partial charge in [-0.3, -0.25) is 9.79 Å². The van der Waals surface area contributed by atoms with Crippen LogP contribution in [-0.2, 0) is 4.74 Å². The lowest BCUT2D eigenvalue weighted by molar-refractivity contribution is 0.0884. The van der Waals surface area contributed by atoms with Gasteiger partial charge in [0.1, 0.15) is 0 Å². The number of benzene rings is 1. The molecule has 2 N–H and O–H groups in total. The van der Waals surface area contributed by atoms with Gasteiger partial charge in [0, 0.05) is 36.5 Å². The average Bonchev–Trinajstić information content (AvgIpc) is 2.75. The highest BCUT2D eigenvalue weighted by molar-refractivity contribution is 9.10. The number of carbonyl (C=O) groups is 1. The molecule has 176 valence electrons. The summed E-state index contributed by atoms with van der Waals surface area (Å²) in [5, 5.41) is 6.29. The maximum atomic E-state index is 13.5. The third kappa shape index (κ3) is 8.13. The van der Waals surface area contributed by atoms with Crippen LogP contribution in [0.25, 0.3) is 0 Å². The van der Waals surface area contributed by atoms with E-state index in [0.717, 1.165) is 17.6 Å². The number of nitrogens with zero attached hydrogens (tertiary/aromatic N) is 1. The molecule has 1 heterocycles. The Morgan fingerprint density at radius 3 is 2.75 bits per heavy atom. The third-order valence-corrected chi connectivity index (χ3v) is 8.78. The van der Waals surface area contributed by atoms with Crippen molar-refractivity contribution >= 4 is 48.7 Å². The fourth-order valence-electron chi connectivity index (χ4n) is 2.71. The van der Waals surface area contributed by atoms with E-state index in [-0.39, 0.29) is 23.7 Å². The van der Waals surface area contributed by atoms with Crippen LogP contribution in [0, 0.1) is 6.92 Å². The zero-order valence-electron chi connectivity index (χ0n) is 18.8. The molecule has 1 aromatic rings. The highest BCUT2D eigenvalue weighted by Crippen LogP contribution is 2.40. The molecule has 1 aliphatic rings. The Hall–Kier alpha value is -1.49. The van der Waals surface area contributed by atoms with Crippen molar-refractivity contribution in [2.75, 3.05) is 19.5 Å². The summed E-state index contributed by atoms with van der Waals surface area (Å²) in [5.74, 6) is -2.30. The molecule has 0 fully saturated rings. The molecule has 0 aliphatic carbocycles. The van der Waals surface area contributed by atoms with Crippen LogP contribution in [0.1, 0.15) is 36.7 Å². The van der Waals surface area contributed by atoms with E-state index >= 15 is 0 Å². The van der Waals surface area contributed by atoms with Crippen molar-refractivity contribution in [1.29, 1.82) is 0 Å². The monoisotopic (exact) mass is 501 g/mol. The zero-order valence-corrected chi connectivity index (χ0v) is 21.2. The number of alkyl halides is 2. The summed E-state index contributed by atoms with van der Waals surface area (Å²) < 4.78 is 32.4. The van der Waals surface area contributed by atoms with Gasteiger partial charge in [0.15, 0.2) is 0 Å². The van der Waals surface area contributed by atoms with E-state index in [4.69, 9.17) is 4.74 Å². The van der Waals surface area contributed by atoms with Crippen molar-refractivity contribution in [2.45, 2.75) is 45.7 Å². The molecule has 0 spiro atoms. The van der Waals surface area contributed by atoms with Gasteiger partial charge in [-0.2, -0.15) is 0 Å². The minimum absolute atomic E-state index is 0.143. The smallest absolute Gasteiger partial charge is 0.282 e. The van der Waals surface area contributed by atoms with Crippen molar-refractivity contribution < 1.29 is 18.3 Å². The minimum atomic E-state index is -3.02. The SMILES string of the molecule is CCSSSC1=CNC(C(COC)NC(=O)c2ccc(C)c(/N=C(\C)C(C)(F)F)c2)C=C1. The second-order valence-corrected chi connectivity index (χ2v) is 11.7. The first-order valence-corrected chi connectivity index (χ1v) is 13.8. The molecule has 1 amide bonds. The molecule has 32 heavy (non-hydrogen) atoms. The summed E-state index contributed by atoms with van der Waals surface area (Å²) in [6.07, 6.45) is 5.96. The summed E-state index contributed by atoms with van der Waals surface area (Å²) in [4.78, 5) is 18.1. The summed E-state index contributed by atoms with van der Waals surface area (Å²) >= 11 is 0. The molecule has 2 rings (SSSR count). The van der Waals surface area contributed by atoms with Gasteiger partial charge in [0.05, 0.1) is 30.1 Å². The number of ether oxygens (including phenoxy) is 1. The van der Waals surface area contributed by atoms with Crippen molar-refractivity contribution in [1.82, 2.24) is 10.6 Å². The molecule has 0 saturated carbocycles. The Morgan fingerprint density at radius 1 is 1.41 bits per heavy atom. The number of aryl methyl sites for hydroxylation is 1. The molecule has 2 atom stereocenters. The Balaban J connectivity index is 2.11. The minimum Gasteiger partial charge on any atom is -0.382 e. The van der Waals surface area contributed by atoms with Gasteiger partial charge in [-0.05, 0) is 58.2 Å². The number of amides is 1. The van der Waals surface area contributed by atoms with Crippen LogP contribution >= 0.6 is 31.4 Å². The maximum Gasteiger partial charge on any atom is 0.282 e. The standard InChI is InChI=1S/C22H29F2N3O2S3/c1-6-30-32-31-17-9-10-18(25-12-17)20(13-29-5)27-21(28)16-8-7-14(2)19(11-16)26-15(3)22(4,23)24/h7-12,18,20,25H,6,13H2,1-5H3,(H,27,28)/b26-15+. The number of hydrogen-bond acceptors (Lipinski definition) is 7. The van der Waals surface area contributed by atoms with E-state index in [0.29, 0.717) is 23.4 Å². The second kappa shape index (κ2) is 12.7. The number of methoxy groups -OCH3 is 1. The number of hydrogen-bond donors (Lipinski definition) is 2. The normalized spacial score (nSPS) is 17.5. The van der Waals surface area contributed by atoms with E-state index in [9.17, 15) is 13.6 Å². The maximum absolute atomic E-state index is 13.5. The topological polar surface area (TPSA) is 62.7 Å². The molecule has 1 aromatic carbocycles. The molecule has 0 radical (unpaired) electrons. The molecule has 10 heteroatoms. The number of nitrogens with one attached hydrogen (secondary N) is 2. The summed E-state index contributed by atoms with van der Waals surface area (Å²) in [7, 11) is 6.75. The summed E-state index contributed by atoms with van der Waals surface area (Å²) in [6, 6.07) is 4.44. The quantitative estimate of drug-likeness (QED) is 0.223. The third-order valence-electron chi connectivity index (χ3n) is 4.67. The number of carbonyl (C=O) groups excluding carboxylic acids is 1. The summed E-state index contributed by atoms with van der Waals surface area (Å²) in [5.41, 5.74) is 1.11. The van der Waals surface area contributed by atoms with Gasteiger partial charge >= 0.3 is 0 Å². The second-order valence-electron chi connectivity index (χ2n) is 7.28. The number of allylic oxidation sites excluding steroid dienone is 1. The van der Waals surface area contributed by atoms with Crippen molar-refractivity contribution in [2.24, 2.45) is 4.99 Å². The van der Waals surface area contributed by atoms with E-state index in [1.807, 2.05) is 18.4 Å². The van der Waals surface area contributed by atoms with Crippen LogP contribution in [-0.4, -0.2) is 49.1 Å². The van der Waals surface area contributed by atoms with Gasteiger partial charge in [-0.1, -0.05) is 29.9 Å². The number of dihydropyridines is 1. The van der Waals surface area contributed by atoms with Crippen LogP contribution in [0.2, 0.25) is 0 Å². The van der Waals surface area contributed by atoms with Gasteiger partial charge in [0.25, 0.3) is 11.8 Å². The van der Waals surface area contributed by atoms with Crippen LogP contribution in [0.4, 0.5) is 14.5 Å². The van der Waals surface area contributed by atoms with Crippen molar-refractivity contribution in [3.05, 3.63) is 52.6 Å². The Kier molecular flexibility index (Phi) is 10.6. The van der Waals surface area contributed by atoms with Gasteiger partial charge in [0.2, 0.25) is 0 Å². The van der Waals surface area contributed by atoms with Crippen LogP contribution < -0.4 is 10.6 Å². The average molecular weight is 502 g/mol. The first-order valence-electron chi connectivity index (χ1n) is 10.1. The van der Waals surface area contributed by atoms with E-state index in [2.05, 4.69) is 22.5 Å². The fraction of sp³-hybridized carbons (Fsp3) is 0.455. The molecule has 0 aromatic heterocycles. The van der Waals surface area contributed by atoms with Crippen molar-refractivity contribution in [3.63, 3.8) is 0 Å². The lowest BCUT2D eigenvalue weighted by Gasteiger charge is -2.28. The van der Waals surface area contributed by atoms with Gasteiger partial charge in [-0.15, -0.1) is 0 Å². The molecule has 5 nitrogen and oxygen atoms in total. The molecule has 0 saturated heterocycles. The van der Waals surface area contributed by atoms with E-state index < -0.39 is 5.92 Å². The molecule has 1 aliphatic heterocycles. The predicted octanol–water partition coefficient (Wildman–Crippen LogP) is 5.91. The summed E-state index contributed by atoms with van der Waals surface area (Å²) in [6.45, 7) is 6.27. The van der Waals surface area contributed by atoms with Crippen molar-refractivity contribution in [3.8, 4) is 0 Å². The highest BCUT2D eigenvalue weighted by atomic mass is 33.5. The first-order chi connectivity index (χ1) is 15.2. The molecular weight excluding hydrogens is 472 g/mol. The number of aliphatic imine (C=N–C) groups is 1. The molecule has 2 unspecified atom stereocenters. The number of halogens is 2. The Morgan fingerprint density at radius 2 is 2.16 bits per heavy atom. The molecule has 0 bridgehead atoms. The van der Waals surface area contributed by atoms with E-state index in [1.165, 1.54) is 13.0 Å². The highest BCUT2D eigenvalue weighted by Gasteiger charge is 2.26. The van der Waals surface area contributed by atoms with Gasteiger partial charge in [-0.25, -0.2) is 8.78 Å². The first kappa shape index (κ1) is 26.8. The number of rotatable bonds is 11. The van der Waals surface area contributed by atoms with Crippen LogP contribution in [0.15, 0.2) is 46.4 Å². The largest absolute Gasteiger partial charge is 0.382 e. The van der Waals surface area contributed by atoms with Crippen LogP contribution in [0.5, 0.6) is 0 Å². The molecular formula is C22H29F2N3O2S3. The van der Waals surface area contributed by atoms with Crippen LogP contribution in [0.3, 0.4) is 0 Å². The fourth-order valence-corrected chi connectivity index (χ4v) is 6.17. The Bertz CT molecular complexity index is 886. The zero-order chi connectivity index (χ0) is 23.7. The lowest BCUT2D eigenvalue weighted by Crippen LogP contribution is -2.50. The van der Waals surface area contributed by atoms with E-state index in [1.54, 1.807) is 57.6 Å². The van der Waals surface area contributed by atoms with Gasteiger partial charge < -0.3 is 15.4 Å².